The largest absolute Gasteiger partial charge is 0.507 e. The fraction of sp³-hybridized carbons (Fsp3) is 0.211. The minimum absolute atomic E-state index is 0.0558. The number of hydrogen-bond donors (Lipinski definition) is 1. The third-order valence-corrected chi connectivity index (χ3v) is 4.58. The zero-order valence-corrected chi connectivity index (χ0v) is 17.4. The van der Waals surface area contributed by atoms with Gasteiger partial charge in [-0.15, -0.1) is 0 Å². The van der Waals surface area contributed by atoms with Crippen LogP contribution in [-0.2, 0) is 10.9 Å². The molecule has 0 aliphatic carbocycles. The minimum Gasteiger partial charge on any atom is -0.507 e. The number of nitrogens with zero attached hydrogens (tertiary/aromatic N) is 3. The highest BCUT2D eigenvalue weighted by Crippen LogP contribution is 2.35. The van der Waals surface area contributed by atoms with Crippen LogP contribution in [0.15, 0.2) is 36.5 Å². The number of esters is 1. The van der Waals surface area contributed by atoms with Crippen LogP contribution in [0, 0.1) is 10.5 Å². The van der Waals surface area contributed by atoms with Gasteiger partial charge in [-0.1, -0.05) is 11.6 Å². The van der Waals surface area contributed by atoms with E-state index in [2.05, 4.69) is 10.1 Å². The molecule has 0 aliphatic rings. The summed E-state index contributed by atoms with van der Waals surface area (Å²) in [7, 11) is 0. The van der Waals surface area contributed by atoms with Crippen LogP contribution in [-0.4, -0.2) is 32.4 Å². The minimum atomic E-state index is -4.87. The molecule has 0 atom stereocenters. The highest BCUT2D eigenvalue weighted by molar-refractivity contribution is 14.1. The summed E-state index contributed by atoms with van der Waals surface area (Å²) in [6.07, 6.45) is -4.06. The van der Waals surface area contributed by atoms with E-state index in [1.165, 1.54) is 19.1 Å². The molecule has 0 saturated carbocycles. The summed E-state index contributed by atoms with van der Waals surface area (Å²) in [6.45, 7) is 3.25. The molecule has 0 unspecified atom stereocenters. The molecule has 0 radical (unpaired) electrons. The van der Waals surface area contributed by atoms with Crippen molar-refractivity contribution in [3.8, 4) is 22.8 Å². The van der Waals surface area contributed by atoms with E-state index in [1.807, 2.05) is 29.5 Å². The second kappa shape index (κ2) is 8.01. The highest BCUT2D eigenvalue weighted by atomic mass is 127. The number of alkyl halides is 3. The molecule has 1 N–H and O–H groups in total. The normalized spacial score (nSPS) is 11.5. The first-order valence-corrected chi connectivity index (χ1v) is 9.50. The Balaban J connectivity index is 2.21. The summed E-state index contributed by atoms with van der Waals surface area (Å²) < 4.78 is 47.0. The SMILES string of the molecule is CCOC(=O)c1cnn(-c2cc(I)cc(-c3cc(C)ccc3O)n2)c1C(F)(F)F. The maximum Gasteiger partial charge on any atom is 0.434 e. The average molecular weight is 517 g/mol. The van der Waals surface area contributed by atoms with Crippen LogP contribution in [0.25, 0.3) is 17.1 Å². The lowest BCUT2D eigenvalue weighted by atomic mass is 10.1. The van der Waals surface area contributed by atoms with Crippen LogP contribution < -0.4 is 0 Å². The molecular weight excluding hydrogens is 502 g/mol. The second-order valence-corrected chi connectivity index (χ2v) is 7.33. The van der Waals surface area contributed by atoms with Gasteiger partial charge >= 0.3 is 12.1 Å². The standard InChI is InChI=1S/C19H15F3IN3O3/c1-3-29-18(28)13-9-24-26(17(13)19(20,21)22)16-8-11(23)7-14(25-16)12-6-10(2)4-5-15(12)27/h4-9,27H,3H2,1-2H3. The number of halogens is 4. The quantitative estimate of drug-likeness (QED) is 0.400. The van der Waals surface area contributed by atoms with E-state index in [0.29, 0.717) is 13.8 Å². The van der Waals surface area contributed by atoms with Gasteiger partial charge < -0.3 is 9.84 Å². The average Bonchev–Trinajstić information content (AvgIpc) is 3.09. The van der Waals surface area contributed by atoms with E-state index in [1.54, 1.807) is 18.2 Å². The molecule has 1 aromatic carbocycles. The van der Waals surface area contributed by atoms with Gasteiger partial charge in [0, 0.05) is 9.13 Å². The fourth-order valence-corrected chi connectivity index (χ4v) is 3.31. The third-order valence-electron chi connectivity index (χ3n) is 3.95. The zero-order chi connectivity index (χ0) is 21.3. The number of benzene rings is 1. The first-order valence-electron chi connectivity index (χ1n) is 8.42. The maximum atomic E-state index is 13.7. The van der Waals surface area contributed by atoms with Gasteiger partial charge in [-0.3, -0.25) is 0 Å². The van der Waals surface area contributed by atoms with Gasteiger partial charge in [-0.05, 0) is 60.7 Å². The van der Waals surface area contributed by atoms with Gasteiger partial charge in [0.05, 0.1) is 18.5 Å². The molecule has 0 amide bonds. The van der Waals surface area contributed by atoms with E-state index >= 15 is 0 Å². The number of carbonyl (C=O) groups excluding carboxylic acids is 1. The number of phenols is 1. The molecule has 0 bridgehead atoms. The maximum absolute atomic E-state index is 13.7. The highest BCUT2D eigenvalue weighted by Gasteiger charge is 2.41. The zero-order valence-electron chi connectivity index (χ0n) is 15.3. The molecule has 3 rings (SSSR count). The molecule has 0 spiro atoms. The number of pyridine rings is 1. The summed E-state index contributed by atoms with van der Waals surface area (Å²) >= 11 is 1.94. The Labute approximate surface area is 177 Å². The Hall–Kier alpha value is -2.63. The van der Waals surface area contributed by atoms with Crippen molar-refractivity contribution in [3.63, 3.8) is 0 Å². The lowest BCUT2D eigenvalue weighted by Gasteiger charge is -2.13. The number of carbonyl (C=O) groups is 1. The monoisotopic (exact) mass is 517 g/mol. The third kappa shape index (κ3) is 4.36. The first kappa shape index (κ1) is 21.1. The molecule has 10 heteroatoms. The molecule has 0 fully saturated rings. The second-order valence-electron chi connectivity index (χ2n) is 6.09. The molecule has 2 aromatic heterocycles. The molecule has 0 aliphatic heterocycles. The predicted molar refractivity (Wildman–Crippen MR) is 107 cm³/mol. The number of rotatable bonds is 4. The van der Waals surface area contributed by atoms with Crippen LogP contribution >= 0.6 is 22.6 Å². The van der Waals surface area contributed by atoms with Crippen LogP contribution in [0.4, 0.5) is 13.2 Å². The summed E-state index contributed by atoms with van der Waals surface area (Å²) in [5.41, 5.74) is -0.477. The van der Waals surface area contributed by atoms with Gasteiger partial charge in [0.1, 0.15) is 11.3 Å². The first-order chi connectivity index (χ1) is 13.6. The molecule has 3 aromatic rings. The number of aryl methyl sites for hydroxylation is 1. The van der Waals surface area contributed by atoms with E-state index in [-0.39, 0.29) is 23.9 Å². The van der Waals surface area contributed by atoms with Crippen molar-refractivity contribution in [1.82, 2.24) is 14.8 Å². The summed E-state index contributed by atoms with van der Waals surface area (Å²) in [5, 5.41) is 13.9. The number of ether oxygens (including phenoxy) is 1. The molecule has 29 heavy (non-hydrogen) atoms. The smallest absolute Gasteiger partial charge is 0.434 e. The Kier molecular flexibility index (Phi) is 5.82. The van der Waals surface area contributed by atoms with Gasteiger partial charge in [-0.2, -0.15) is 18.3 Å². The predicted octanol–water partition coefficient (Wildman–Crippen LogP) is 4.75. The van der Waals surface area contributed by atoms with Crippen molar-refractivity contribution >= 4 is 28.6 Å². The van der Waals surface area contributed by atoms with E-state index in [4.69, 9.17) is 4.74 Å². The van der Waals surface area contributed by atoms with Crippen molar-refractivity contribution in [2.45, 2.75) is 20.0 Å². The van der Waals surface area contributed by atoms with Gasteiger partial charge in [-0.25, -0.2) is 14.5 Å². The Morgan fingerprint density at radius 3 is 2.66 bits per heavy atom. The lowest BCUT2D eigenvalue weighted by molar-refractivity contribution is -0.143. The van der Waals surface area contributed by atoms with Crippen LogP contribution in [0.2, 0.25) is 0 Å². The van der Waals surface area contributed by atoms with Crippen molar-refractivity contribution in [1.29, 1.82) is 0 Å². The van der Waals surface area contributed by atoms with Crippen molar-refractivity contribution in [2.24, 2.45) is 0 Å². The van der Waals surface area contributed by atoms with Crippen LogP contribution in [0.5, 0.6) is 5.75 Å². The summed E-state index contributed by atoms with van der Waals surface area (Å²) in [4.78, 5) is 16.2. The van der Waals surface area contributed by atoms with E-state index < -0.39 is 23.4 Å². The Morgan fingerprint density at radius 1 is 1.28 bits per heavy atom. The van der Waals surface area contributed by atoms with Gasteiger partial charge in [0.15, 0.2) is 11.5 Å². The topological polar surface area (TPSA) is 77.2 Å². The molecule has 152 valence electrons. The Morgan fingerprint density at radius 2 is 2.00 bits per heavy atom. The van der Waals surface area contributed by atoms with Crippen LogP contribution in [0.3, 0.4) is 0 Å². The summed E-state index contributed by atoms with van der Waals surface area (Å²) in [6, 6.07) is 7.89. The molecule has 2 heterocycles. The fourth-order valence-electron chi connectivity index (χ4n) is 2.74. The number of phenolic OH excluding ortho intramolecular Hbond substituents is 1. The van der Waals surface area contributed by atoms with E-state index in [9.17, 15) is 23.1 Å². The lowest BCUT2D eigenvalue weighted by Crippen LogP contribution is -2.19. The Bertz CT molecular complexity index is 1080. The van der Waals surface area contributed by atoms with Gasteiger partial charge in [0.2, 0.25) is 0 Å². The molecular formula is C19H15F3IN3O3. The summed E-state index contributed by atoms with van der Waals surface area (Å²) in [5.74, 6) is -1.32. The van der Waals surface area contributed by atoms with Crippen molar-refractivity contribution < 1.29 is 27.8 Å². The van der Waals surface area contributed by atoms with Crippen LogP contribution in [0.1, 0.15) is 28.5 Å². The molecule has 6 nitrogen and oxygen atoms in total. The number of hydrogen-bond acceptors (Lipinski definition) is 5. The van der Waals surface area contributed by atoms with E-state index in [0.717, 1.165) is 11.8 Å². The number of aromatic nitrogens is 3. The number of aromatic hydroxyl groups is 1. The van der Waals surface area contributed by atoms with Crippen molar-refractivity contribution in [3.05, 3.63) is 56.9 Å². The van der Waals surface area contributed by atoms with Crippen molar-refractivity contribution in [2.75, 3.05) is 6.61 Å². The molecule has 0 saturated heterocycles. The van der Waals surface area contributed by atoms with Gasteiger partial charge in [0.25, 0.3) is 0 Å².